The first-order chi connectivity index (χ1) is 9.69. The zero-order valence-corrected chi connectivity index (χ0v) is 11.1. The molecule has 0 radical (unpaired) electrons. The van der Waals surface area contributed by atoms with Crippen molar-refractivity contribution in [2.24, 2.45) is 0 Å². The highest BCUT2D eigenvalue weighted by Gasteiger charge is 2.01. The maximum absolute atomic E-state index is 12.9. The summed E-state index contributed by atoms with van der Waals surface area (Å²) in [6.07, 6.45) is 0. The molecule has 0 aromatic heterocycles. The van der Waals surface area contributed by atoms with E-state index in [9.17, 15) is 4.39 Å². The number of hydrogen-bond donors (Lipinski definition) is 0. The largest absolute Gasteiger partial charge is 0.490 e. The van der Waals surface area contributed by atoms with Gasteiger partial charge in [-0.05, 0) is 48.9 Å². The van der Waals surface area contributed by atoms with E-state index in [0.717, 1.165) is 5.56 Å². The van der Waals surface area contributed by atoms with Gasteiger partial charge in [-0.2, -0.15) is 5.26 Å². The van der Waals surface area contributed by atoms with Gasteiger partial charge in [-0.15, -0.1) is 0 Å². The molecule has 0 aliphatic rings. The molecule has 0 saturated carbocycles. The fraction of sp³-hybridized carbons (Fsp3) is 0.188. The molecule has 0 unspecified atom stereocenters. The van der Waals surface area contributed by atoms with Gasteiger partial charge in [-0.3, -0.25) is 0 Å². The number of hydrogen-bond acceptors (Lipinski definition) is 3. The highest BCUT2D eigenvalue weighted by molar-refractivity contribution is 5.36. The predicted molar refractivity (Wildman–Crippen MR) is 73.3 cm³/mol. The minimum absolute atomic E-state index is 0.278. The number of ether oxygens (including phenoxy) is 2. The SMILES string of the molecule is Cc1cc(F)ccc1OCCOc1cccc(C#N)c1. The van der Waals surface area contributed by atoms with Crippen LogP contribution in [0.3, 0.4) is 0 Å². The maximum atomic E-state index is 12.9. The summed E-state index contributed by atoms with van der Waals surface area (Å²) in [4.78, 5) is 0. The van der Waals surface area contributed by atoms with Gasteiger partial charge in [-0.1, -0.05) is 6.07 Å². The summed E-state index contributed by atoms with van der Waals surface area (Å²) in [5.41, 5.74) is 1.30. The van der Waals surface area contributed by atoms with Crippen LogP contribution in [0.15, 0.2) is 42.5 Å². The molecule has 20 heavy (non-hydrogen) atoms. The van der Waals surface area contributed by atoms with Gasteiger partial charge in [0.2, 0.25) is 0 Å². The number of nitrogens with zero attached hydrogens (tertiary/aromatic N) is 1. The third-order valence-electron chi connectivity index (χ3n) is 2.71. The molecule has 0 aliphatic carbocycles. The average Bonchev–Trinajstić information content (AvgIpc) is 2.45. The molecule has 0 heterocycles. The lowest BCUT2D eigenvalue weighted by molar-refractivity contribution is 0.216. The van der Waals surface area contributed by atoms with Crippen molar-refractivity contribution in [2.45, 2.75) is 6.92 Å². The van der Waals surface area contributed by atoms with Crippen molar-refractivity contribution in [1.29, 1.82) is 5.26 Å². The van der Waals surface area contributed by atoms with Crippen LogP contribution in [-0.4, -0.2) is 13.2 Å². The highest BCUT2D eigenvalue weighted by atomic mass is 19.1. The van der Waals surface area contributed by atoms with E-state index in [-0.39, 0.29) is 5.82 Å². The van der Waals surface area contributed by atoms with Gasteiger partial charge < -0.3 is 9.47 Å². The van der Waals surface area contributed by atoms with E-state index < -0.39 is 0 Å². The molecule has 0 aliphatic heterocycles. The third kappa shape index (κ3) is 3.72. The van der Waals surface area contributed by atoms with Crippen LogP contribution in [-0.2, 0) is 0 Å². The molecular weight excluding hydrogens is 257 g/mol. The summed E-state index contributed by atoms with van der Waals surface area (Å²) >= 11 is 0. The zero-order valence-electron chi connectivity index (χ0n) is 11.1. The van der Waals surface area contributed by atoms with Crippen molar-refractivity contribution in [1.82, 2.24) is 0 Å². The lowest BCUT2D eigenvalue weighted by atomic mass is 10.2. The van der Waals surface area contributed by atoms with Crippen molar-refractivity contribution < 1.29 is 13.9 Å². The number of benzene rings is 2. The van der Waals surface area contributed by atoms with E-state index >= 15 is 0 Å². The number of rotatable bonds is 5. The summed E-state index contributed by atoms with van der Waals surface area (Å²) in [7, 11) is 0. The first-order valence-corrected chi connectivity index (χ1v) is 6.21. The molecule has 2 rings (SSSR count). The Balaban J connectivity index is 1.83. The topological polar surface area (TPSA) is 42.2 Å². The fourth-order valence-electron chi connectivity index (χ4n) is 1.74. The van der Waals surface area contributed by atoms with E-state index in [1.807, 2.05) is 6.07 Å². The van der Waals surface area contributed by atoms with Crippen LogP contribution in [0.4, 0.5) is 4.39 Å². The van der Waals surface area contributed by atoms with Gasteiger partial charge in [0.05, 0.1) is 11.6 Å². The molecule has 0 amide bonds. The van der Waals surface area contributed by atoms with Gasteiger partial charge in [0, 0.05) is 0 Å². The lowest BCUT2D eigenvalue weighted by Gasteiger charge is -2.10. The molecule has 0 bridgehead atoms. The Kier molecular flexibility index (Phi) is 4.56. The minimum Gasteiger partial charge on any atom is -0.490 e. The molecule has 2 aromatic rings. The number of aryl methyl sites for hydroxylation is 1. The van der Waals surface area contributed by atoms with E-state index in [0.29, 0.717) is 30.3 Å². The van der Waals surface area contributed by atoms with E-state index in [4.69, 9.17) is 14.7 Å². The molecular formula is C16H14FNO2. The van der Waals surface area contributed by atoms with Gasteiger partial charge in [-0.25, -0.2) is 4.39 Å². The molecule has 0 fully saturated rings. The lowest BCUT2D eigenvalue weighted by Crippen LogP contribution is -2.09. The van der Waals surface area contributed by atoms with Crippen LogP contribution in [0, 0.1) is 24.1 Å². The molecule has 0 spiro atoms. The van der Waals surface area contributed by atoms with Crippen LogP contribution in [0.5, 0.6) is 11.5 Å². The number of nitriles is 1. The zero-order chi connectivity index (χ0) is 14.4. The fourth-order valence-corrected chi connectivity index (χ4v) is 1.74. The Morgan fingerprint density at radius 1 is 1.10 bits per heavy atom. The Labute approximate surface area is 117 Å². The Hall–Kier alpha value is -2.54. The molecule has 0 saturated heterocycles. The van der Waals surface area contributed by atoms with E-state index in [1.54, 1.807) is 37.3 Å². The summed E-state index contributed by atoms with van der Waals surface area (Å²) in [6.45, 7) is 2.49. The average molecular weight is 271 g/mol. The Morgan fingerprint density at radius 2 is 1.90 bits per heavy atom. The third-order valence-corrected chi connectivity index (χ3v) is 2.71. The van der Waals surface area contributed by atoms with Crippen LogP contribution >= 0.6 is 0 Å². The normalized spacial score (nSPS) is 9.85. The number of halogens is 1. The summed E-state index contributed by atoms with van der Waals surface area (Å²) < 4.78 is 23.9. The van der Waals surface area contributed by atoms with Crippen molar-refractivity contribution >= 4 is 0 Å². The van der Waals surface area contributed by atoms with E-state index in [1.165, 1.54) is 12.1 Å². The van der Waals surface area contributed by atoms with Crippen LogP contribution in [0.25, 0.3) is 0 Å². The Morgan fingerprint density at radius 3 is 2.65 bits per heavy atom. The highest BCUT2D eigenvalue weighted by Crippen LogP contribution is 2.18. The minimum atomic E-state index is -0.278. The van der Waals surface area contributed by atoms with Crippen LogP contribution in [0.2, 0.25) is 0 Å². The van der Waals surface area contributed by atoms with Crippen LogP contribution < -0.4 is 9.47 Å². The standard InChI is InChI=1S/C16H14FNO2/c1-12-9-14(17)5-6-16(12)20-8-7-19-15-4-2-3-13(10-15)11-18/h2-6,9-10H,7-8H2,1H3. The second-order valence-electron chi connectivity index (χ2n) is 4.25. The molecule has 0 atom stereocenters. The van der Waals surface area contributed by atoms with Crippen molar-refractivity contribution in [3.63, 3.8) is 0 Å². The van der Waals surface area contributed by atoms with Crippen molar-refractivity contribution in [3.05, 3.63) is 59.4 Å². The second kappa shape index (κ2) is 6.58. The molecule has 3 nitrogen and oxygen atoms in total. The smallest absolute Gasteiger partial charge is 0.123 e. The van der Waals surface area contributed by atoms with Crippen molar-refractivity contribution in [2.75, 3.05) is 13.2 Å². The van der Waals surface area contributed by atoms with Crippen LogP contribution in [0.1, 0.15) is 11.1 Å². The van der Waals surface area contributed by atoms with Crippen molar-refractivity contribution in [3.8, 4) is 17.6 Å². The first-order valence-electron chi connectivity index (χ1n) is 6.21. The predicted octanol–water partition coefficient (Wildman–Crippen LogP) is 3.46. The molecule has 102 valence electrons. The van der Waals surface area contributed by atoms with Gasteiger partial charge in [0.15, 0.2) is 0 Å². The molecule has 0 N–H and O–H groups in total. The quantitative estimate of drug-likeness (QED) is 0.782. The molecule has 4 heteroatoms. The van der Waals surface area contributed by atoms with E-state index in [2.05, 4.69) is 0 Å². The summed E-state index contributed by atoms with van der Waals surface area (Å²) in [5, 5.41) is 8.77. The molecule has 2 aromatic carbocycles. The monoisotopic (exact) mass is 271 g/mol. The summed E-state index contributed by atoms with van der Waals surface area (Å²) in [6, 6.07) is 13.4. The first kappa shape index (κ1) is 13.9. The Bertz CT molecular complexity index is 635. The second-order valence-corrected chi connectivity index (χ2v) is 4.25. The maximum Gasteiger partial charge on any atom is 0.123 e. The van der Waals surface area contributed by atoms with Gasteiger partial charge in [0.25, 0.3) is 0 Å². The van der Waals surface area contributed by atoms with Gasteiger partial charge >= 0.3 is 0 Å². The van der Waals surface area contributed by atoms with Gasteiger partial charge in [0.1, 0.15) is 30.5 Å². The summed E-state index contributed by atoms with van der Waals surface area (Å²) in [5.74, 6) is 0.990.